The summed E-state index contributed by atoms with van der Waals surface area (Å²) < 4.78 is 5.69. The van der Waals surface area contributed by atoms with Crippen LogP contribution in [0.3, 0.4) is 0 Å². The minimum Gasteiger partial charge on any atom is -0.371 e. The number of thiazole rings is 1. The molecule has 124 valence electrons. The molecule has 1 atom stereocenters. The van der Waals surface area contributed by atoms with Crippen molar-refractivity contribution in [2.75, 3.05) is 11.9 Å². The van der Waals surface area contributed by atoms with E-state index >= 15 is 0 Å². The summed E-state index contributed by atoms with van der Waals surface area (Å²) in [5.41, 5.74) is 0. The molecule has 2 aromatic heterocycles. The molecule has 1 aliphatic heterocycles. The van der Waals surface area contributed by atoms with Gasteiger partial charge in [-0.05, 0) is 18.8 Å². The maximum Gasteiger partial charge on any atom is 0.205 e. The van der Waals surface area contributed by atoms with E-state index in [2.05, 4.69) is 20.5 Å². The van der Waals surface area contributed by atoms with Crippen LogP contribution in [0.4, 0.5) is 5.13 Å². The Morgan fingerprint density at radius 3 is 2.87 bits per heavy atom. The van der Waals surface area contributed by atoms with Gasteiger partial charge in [-0.25, -0.2) is 4.98 Å². The average molecular weight is 351 g/mol. The number of anilines is 1. The lowest BCUT2D eigenvalue weighted by Crippen LogP contribution is -1.97. The van der Waals surface area contributed by atoms with Crippen LogP contribution in [0.1, 0.15) is 59.5 Å². The second-order valence-electron chi connectivity index (χ2n) is 6.38. The number of hydrogen-bond acceptors (Lipinski definition) is 7. The molecule has 3 heterocycles. The highest BCUT2D eigenvalue weighted by molar-refractivity contribution is 7.15. The number of rotatable bonds is 6. The Kier molecular flexibility index (Phi) is 4.87. The number of hydrogen-bond donors (Lipinski definition) is 1. The van der Waals surface area contributed by atoms with E-state index in [-0.39, 0.29) is 6.10 Å². The summed E-state index contributed by atoms with van der Waals surface area (Å²) in [6.45, 7) is 1.63. The van der Waals surface area contributed by atoms with Crippen LogP contribution >= 0.6 is 22.7 Å². The van der Waals surface area contributed by atoms with Gasteiger partial charge in [-0.3, -0.25) is 0 Å². The molecular formula is C16H22N4OS2. The average Bonchev–Trinajstić information content (AvgIpc) is 3.33. The summed E-state index contributed by atoms with van der Waals surface area (Å²) in [5.74, 6) is 0.825. The van der Waals surface area contributed by atoms with Gasteiger partial charge in [0, 0.05) is 24.1 Å². The highest BCUT2D eigenvalue weighted by Crippen LogP contribution is 2.32. The fourth-order valence-corrected chi connectivity index (χ4v) is 5.15. The van der Waals surface area contributed by atoms with E-state index in [4.69, 9.17) is 4.74 Å². The summed E-state index contributed by atoms with van der Waals surface area (Å²) in [4.78, 5) is 5.73. The number of nitrogens with one attached hydrogen (secondary N) is 1. The minimum atomic E-state index is 0.216. The summed E-state index contributed by atoms with van der Waals surface area (Å²) in [5, 5.41) is 15.2. The summed E-state index contributed by atoms with van der Waals surface area (Å²) >= 11 is 3.44. The molecule has 4 rings (SSSR count). The van der Waals surface area contributed by atoms with Crippen molar-refractivity contribution in [3.63, 3.8) is 0 Å². The van der Waals surface area contributed by atoms with Crippen molar-refractivity contribution in [2.24, 2.45) is 5.92 Å². The van der Waals surface area contributed by atoms with Crippen molar-refractivity contribution in [2.45, 2.75) is 57.6 Å². The zero-order valence-corrected chi connectivity index (χ0v) is 14.8. The Labute approximate surface area is 144 Å². The van der Waals surface area contributed by atoms with Crippen molar-refractivity contribution in [1.29, 1.82) is 0 Å². The van der Waals surface area contributed by atoms with Crippen LogP contribution in [0.2, 0.25) is 0 Å². The van der Waals surface area contributed by atoms with Crippen LogP contribution in [0.15, 0.2) is 6.20 Å². The Hall–Kier alpha value is -1.05. The van der Waals surface area contributed by atoms with Crippen LogP contribution in [0.25, 0.3) is 0 Å². The van der Waals surface area contributed by atoms with Gasteiger partial charge < -0.3 is 10.1 Å². The molecule has 0 unspecified atom stereocenters. The van der Waals surface area contributed by atoms with Gasteiger partial charge in [0.05, 0.1) is 6.54 Å². The lowest BCUT2D eigenvalue weighted by Gasteiger charge is -2.04. The molecule has 0 spiro atoms. The maximum absolute atomic E-state index is 5.69. The molecule has 1 aliphatic carbocycles. The second-order valence-corrected chi connectivity index (χ2v) is 8.58. The number of nitrogens with zero attached hydrogens (tertiary/aromatic N) is 3. The Morgan fingerprint density at radius 2 is 2.04 bits per heavy atom. The van der Waals surface area contributed by atoms with E-state index in [0.29, 0.717) is 0 Å². The lowest BCUT2D eigenvalue weighted by molar-refractivity contribution is 0.111. The summed E-state index contributed by atoms with van der Waals surface area (Å²) in [7, 11) is 0. The van der Waals surface area contributed by atoms with Crippen molar-refractivity contribution in [1.82, 2.24) is 15.2 Å². The van der Waals surface area contributed by atoms with Gasteiger partial charge in [0.2, 0.25) is 5.13 Å². The Balaban J connectivity index is 1.29. The molecule has 0 bridgehead atoms. The molecule has 2 aliphatic rings. The first kappa shape index (κ1) is 15.5. The van der Waals surface area contributed by atoms with Gasteiger partial charge in [0.25, 0.3) is 0 Å². The largest absolute Gasteiger partial charge is 0.371 e. The summed E-state index contributed by atoms with van der Waals surface area (Å²) in [6.07, 6.45) is 11.0. The fraction of sp³-hybridized carbons (Fsp3) is 0.688. The zero-order chi connectivity index (χ0) is 15.5. The molecule has 23 heavy (non-hydrogen) atoms. The molecule has 0 radical (unpaired) electrons. The monoisotopic (exact) mass is 350 g/mol. The molecule has 1 saturated heterocycles. The van der Waals surface area contributed by atoms with Gasteiger partial charge in [-0.2, -0.15) is 0 Å². The first-order chi connectivity index (χ1) is 11.4. The van der Waals surface area contributed by atoms with Gasteiger partial charge in [0.15, 0.2) is 0 Å². The molecule has 2 fully saturated rings. The third kappa shape index (κ3) is 3.89. The molecule has 7 heteroatoms. The van der Waals surface area contributed by atoms with Crippen molar-refractivity contribution in [3.05, 3.63) is 21.1 Å². The predicted molar refractivity (Wildman–Crippen MR) is 92.9 cm³/mol. The van der Waals surface area contributed by atoms with E-state index in [1.807, 2.05) is 6.20 Å². The van der Waals surface area contributed by atoms with Gasteiger partial charge in [-0.1, -0.05) is 37.0 Å². The third-order valence-electron chi connectivity index (χ3n) is 4.60. The molecule has 5 nitrogen and oxygen atoms in total. The standard InChI is InChI=1S/C16H22N4OS2/c1-2-5-11(4-1)8-14-19-20-16(23-14)18-10-12-9-17-15(22-12)13-6-3-7-21-13/h9,11,13H,1-8,10H2,(H,18,20)/t13-/m1/s1. The van der Waals surface area contributed by atoms with Crippen LogP contribution in [0.5, 0.6) is 0 Å². The molecule has 1 saturated carbocycles. The fourth-order valence-electron chi connectivity index (χ4n) is 3.36. The summed E-state index contributed by atoms with van der Waals surface area (Å²) in [6, 6.07) is 0. The van der Waals surface area contributed by atoms with E-state index in [0.717, 1.165) is 48.5 Å². The SMILES string of the molecule is c1nc([C@H]2CCCO2)sc1CNc1nnc(CC2CCCC2)s1. The van der Waals surface area contributed by atoms with Crippen LogP contribution in [-0.4, -0.2) is 21.8 Å². The molecule has 0 aromatic carbocycles. The second kappa shape index (κ2) is 7.23. The highest BCUT2D eigenvalue weighted by atomic mass is 32.1. The van der Waals surface area contributed by atoms with Gasteiger partial charge >= 0.3 is 0 Å². The van der Waals surface area contributed by atoms with Crippen LogP contribution < -0.4 is 5.32 Å². The molecule has 0 amide bonds. The number of ether oxygens (including phenoxy) is 1. The third-order valence-corrected chi connectivity index (χ3v) is 6.59. The van der Waals surface area contributed by atoms with E-state index in [9.17, 15) is 0 Å². The predicted octanol–water partition coefficient (Wildman–Crippen LogP) is 4.19. The molecular weight excluding hydrogens is 328 g/mol. The van der Waals surface area contributed by atoms with Gasteiger partial charge in [-0.15, -0.1) is 21.5 Å². The smallest absolute Gasteiger partial charge is 0.205 e. The first-order valence-electron chi connectivity index (χ1n) is 8.49. The van der Waals surface area contributed by atoms with Gasteiger partial charge in [0.1, 0.15) is 16.1 Å². The first-order valence-corrected chi connectivity index (χ1v) is 10.1. The maximum atomic E-state index is 5.69. The van der Waals surface area contributed by atoms with E-state index < -0.39 is 0 Å². The van der Waals surface area contributed by atoms with E-state index in [1.54, 1.807) is 22.7 Å². The molecule has 1 N–H and O–H groups in total. The molecule has 2 aromatic rings. The minimum absolute atomic E-state index is 0.216. The normalized spacial score (nSPS) is 22.0. The quantitative estimate of drug-likeness (QED) is 0.846. The van der Waals surface area contributed by atoms with Crippen LogP contribution in [0, 0.1) is 5.92 Å². The number of aromatic nitrogens is 3. The topological polar surface area (TPSA) is 59.9 Å². The zero-order valence-electron chi connectivity index (χ0n) is 13.2. The van der Waals surface area contributed by atoms with Crippen molar-refractivity contribution < 1.29 is 4.74 Å². The lowest BCUT2D eigenvalue weighted by atomic mass is 10.1. The van der Waals surface area contributed by atoms with E-state index in [1.165, 1.54) is 35.6 Å². The van der Waals surface area contributed by atoms with Crippen molar-refractivity contribution >= 4 is 27.8 Å². The Morgan fingerprint density at radius 1 is 1.13 bits per heavy atom. The Bertz CT molecular complexity index is 630. The van der Waals surface area contributed by atoms with Crippen molar-refractivity contribution in [3.8, 4) is 0 Å². The highest BCUT2D eigenvalue weighted by Gasteiger charge is 2.21. The van der Waals surface area contributed by atoms with Crippen LogP contribution in [-0.2, 0) is 17.7 Å².